The number of aliphatic imine (C=N–C) groups is 1. The molecule has 0 radical (unpaired) electrons. The number of hydrogen-bond acceptors (Lipinski definition) is 5. The molecule has 2 fully saturated rings. The van der Waals surface area contributed by atoms with Crippen molar-refractivity contribution in [1.29, 1.82) is 0 Å². The maximum absolute atomic E-state index is 13.4. The Balaban J connectivity index is 0.000000406. The fraction of sp³-hybridized carbons (Fsp3) is 0.625. The van der Waals surface area contributed by atoms with E-state index in [4.69, 9.17) is 19.6 Å². The molecule has 1 spiro atoms. The summed E-state index contributed by atoms with van der Waals surface area (Å²) in [5.41, 5.74) is 2.23. The van der Waals surface area contributed by atoms with Crippen molar-refractivity contribution in [3.63, 3.8) is 0 Å². The standard InChI is InChI=1S/C22H31N3O2.C2HF3O2/c1-4-20-23-22(21(26)25(20)11-12-27-3)10-9-18-14-24(15-19(18)22)13-17-8-6-5-7-16(17)2;3-2(4,5)1(6)7/h5-8,18-19H,4,9-15H2,1-3H3;(H,6,7)/t18-,19+,22-;/m1./s1. The third kappa shape index (κ3) is 5.27. The SMILES string of the molecule is CCC1=N[C@@]2(CC[C@@H]3CN(Cc4ccccc4C)C[C@@H]32)C(=O)N1CCOC.O=C(O)C(F)(F)F. The summed E-state index contributed by atoms with van der Waals surface area (Å²) in [5, 5.41) is 7.12. The van der Waals surface area contributed by atoms with E-state index in [2.05, 4.69) is 43.0 Å². The van der Waals surface area contributed by atoms with Crippen LogP contribution in [0.3, 0.4) is 0 Å². The summed E-state index contributed by atoms with van der Waals surface area (Å²) >= 11 is 0. The number of carbonyl (C=O) groups is 2. The van der Waals surface area contributed by atoms with Gasteiger partial charge in [-0.05, 0) is 36.8 Å². The summed E-state index contributed by atoms with van der Waals surface area (Å²) in [6, 6.07) is 8.62. The number of carboxylic acids is 1. The molecule has 2 heterocycles. The van der Waals surface area contributed by atoms with Gasteiger partial charge in [0.1, 0.15) is 11.4 Å². The first kappa shape index (κ1) is 26.2. The number of aryl methyl sites for hydroxylation is 1. The molecule has 3 atom stereocenters. The van der Waals surface area contributed by atoms with Crippen LogP contribution in [0.15, 0.2) is 29.3 Å². The lowest BCUT2D eigenvalue weighted by molar-refractivity contribution is -0.192. The number of halogens is 3. The molecular formula is C24H32F3N3O4. The summed E-state index contributed by atoms with van der Waals surface area (Å²) in [7, 11) is 1.69. The number of ether oxygens (including phenoxy) is 1. The number of carboxylic acid groups (broad SMARTS) is 1. The monoisotopic (exact) mass is 483 g/mol. The highest BCUT2D eigenvalue weighted by molar-refractivity contribution is 6.08. The number of fused-ring (bicyclic) bond motifs is 2. The first-order valence-corrected chi connectivity index (χ1v) is 11.5. The van der Waals surface area contributed by atoms with Gasteiger partial charge in [0.2, 0.25) is 0 Å². The van der Waals surface area contributed by atoms with E-state index in [1.54, 1.807) is 7.11 Å². The number of alkyl halides is 3. The van der Waals surface area contributed by atoms with Gasteiger partial charge in [0.25, 0.3) is 5.91 Å². The molecule has 3 aliphatic rings. The zero-order chi connectivity index (χ0) is 25.1. The molecule has 188 valence electrons. The highest BCUT2D eigenvalue weighted by atomic mass is 19.4. The lowest BCUT2D eigenvalue weighted by Gasteiger charge is -2.28. The molecule has 0 bridgehead atoms. The Morgan fingerprint density at radius 3 is 2.56 bits per heavy atom. The van der Waals surface area contributed by atoms with Crippen LogP contribution in [0, 0.1) is 18.8 Å². The van der Waals surface area contributed by atoms with Crippen molar-refractivity contribution in [2.45, 2.75) is 51.4 Å². The Hall–Kier alpha value is -2.46. The van der Waals surface area contributed by atoms with Crippen LogP contribution in [0.25, 0.3) is 0 Å². The van der Waals surface area contributed by atoms with Gasteiger partial charge in [-0.1, -0.05) is 31.2 Å². The molecule has 1 aliphatic carbocycles. The van der Waals surface area contributed by atoms with Gasteiger partial charge in [-0.3, -0.25) is 19.6 Å². The summed E-state index contributed by atoms with van der Waals surface area (Å²) < 4.78 is 37.0. The molecule has 1 amide bonds. The van der Waals surface area contributed by atoms with E-state index in [-0.39, 0.29) is 5.91 Å². The number of carbonyl (C=O) groups excluding carboxylic acids is 1. The Kier molecular flexibility index (Phi) is 8.02. The van der Waals surface area contributed by atoms with Crippen molar-refractivity contribution in [3.8, 4) is 0 Å². The maximum atomic E-state index is 13.4. The average Bonchev–Trinajstić information content (AvgIpc) is 3.42. The molecule has 1 aromatic rings. The Morgan fingerprint density at radius 2 is 1.97 bits per heavy atom. The van der Waals surface area contributed by atoms with E-state index >= 15 is 0 Å². The number of amidine groups is 1. The van der Waals surface area contributed by atoms with E-state index in [1.807, 2.05) is 4.90 Å². The number of likely N-dealkylation sites (tertiary alicyclic amines) is 1. The van der Waals surface area contributed by atoms with Crippen LogP contribution in [-0.4, -0.2) is 77.7 Å². The minimum absolute atomic E-state index is 0.224. The average molecular weight is 484 g/mol. The quantitative estimate of drug-likeness (QED) is 0.670. The lowest BCUT2D eigenvalue weighted by atomic mass is 9.85. The largest absolute Gasteiger partial charge is 0.490 e. The third-order valence-corrected chi connectivity index (χ3v) is 7.01. The van der Waals surface area contributed by atoms with Gasteiger partial charge in [0, 0.05) is 39.1 Å². The summed E-state index contributed by atoms with van der Waals surface area (Å²) in [6.45, 7) is 8.49. The second kappa shape index (κ2) is 10.4. The number of rotatable bonds is 6. The zero-order valence-electron chi connectivity index (χ0n) is 19.8. The van der Waals surface area contributed by atoms with Crippen LogP contribution in [0.2, 0.25) is 0 Å². The van der Waals surface area contributed by atoms with Gasteiger partial charge >= 0.3 is 12.1 Å². The predicted molar refractivity (Wildman–Crippen MR) is 120 cm³/mol. The highest BCUT2D eigenvalue weighted by Crippen LogP contribution is 2.50. The van der Waals surface area contributed by atoms with Gasteiger partial charge in [-0.15, -0.1) is 0 Å². The Bertz CT molecular complexity index is 936. The van der Waals surface area contributed by atoms with Crippen molar-refractivity contribution in [3.05, 3.63) is 35.4 Å². The van der Waals surface area contributed by atoms with E-state index in [0.29, 0.717) is 25.0 Å². The van der Waals surface area contributed by atoms with E-state index < -0.39 is 17.7 Å². The van der Waals surface area contributed by atoms with Crippen LogP contribution in [0.5, 0.6) is 0 Å². The summed E-state index contributed by atoms with van der Waals surface area (Å²) in [6.07, 6.45) is -2.26. The number of methoxy groups -OCH3 is 1. The van der Waals surface area contributed by atoms with E-state index in [0.717, 1.165) is 44.7 Å². The first-order valence-electron chi connectivity index (χ1n) is 11.5. The van der Waals surface area contributed by atoms with Crippen LogP contribution in [0.4, 0.5) is 13.2 Å². The molecular weight excluding hydrogens is 451 g/mol. The molecule has 10 heteroatoms. The van der Waals surface area contributed by atoms with E-state index in [1.165, 1.54) is 11.1 Å². The second-order valence-corrected chi connectivity index (χ2v) is 9.08. The number of benzene rings is 1. The Labute approximate surface area is 197 Å². The first-order chi connectivity index (χ1) is 16.0. The van der Waals surface area contributed by atoms with Gasteiger partial charge in [-0.25, -0.2) is 4.79 Å². The van der Waals surface area contributed by atoms with Crippen LogP contribution >= 0.6 is 0 Å². The van der Waals surface area contributed by atoms with Crippen LogP contribution in [0.1, 0.15) is 37.3 Å². The molecule has 1 saturated heterocycles. The molecule has 34 heavy (non-hydrogen) atoms. The molecule has 0 aromatic heterocycles. The molecule has 7 nitrogen and oxygen atoms in total. The fourth-order valence-corrected chi connectivity index (χ4v) is 5.32. The second-order valence-electron chi connectivity index (χ2n) is 9.08. The highest BCUT2D eigenvalue weighted by Gasteiger charge is 2.60. The maximum Gasteiger partial charge on any atom is 0.490 e. The smallest absolute Gasteiger partial charge is 0.475 e. The topological polar surface area (TPSA) is 82.4 Å². The third-order valence-electron chi connectivity index (χ3n) is 7.01. The normalized spacial score (nSPS) is 26.5. The molecule has 2 aliphatic heterocycles. The number of hydrogen-bond donors (Lipinski definition) is 1. The Morgan fingerprint density at radius 1 is 1.29 bits per heavy atom. The number of amides is 1. The van der Waals surface area contributed by atoms with E-state index in [9.17, 15) is 18.0 Å². The minimum Gasteiger partial charge on any atom is -0.475 e. The van der Waals surface area contributed by atoms with Crippen LogP contribution in [-0.2, 0) is 20.9 Å². The minimum atomic E-state index is -5.08. The van der Waals surface area contributed by atoms with Crippen molar-refractivity contribution in [1.82, 2.24) is 9.80 Å². The molecule has 0 unspecified atom stereocenters. The van der Waals surface area contributed by atoms with Gasteiger partial charge in [0.05, 0.1) is 13.2 Å². The summed E-state index contributed by atoms with van der Waals surface area (Å²) in [5.74, 6) is -0.644. The molecule has 1 N–H and O–H groups in total. The molecule has 4 rings (SSSR count). The predicted octanol–water partition coefficient (Wildman–Crippen LogP) is 3.51. The van der Waals surface area contributed by atoms with Crippen molar-refractivity contribution in [2.24, 2.45) is 16.8 Å². The summed E-state index contributed by atoms with van der Waals surface area (Å²) in [4.78, 5) is 31.8. The molecule has 1 saturated carbocycles. The van der Waals surface area contributed by atoms with Gasteiger partial charge in [0.15, 0.2) is 0 Å². The van der Waals surface area contributed by atoms with Crippen LogP contribution < -0.4 is 0 Å². The van der Waals surface area contributed by atoms with Crippen molar-refractivity contribution >= 4 is 17.7 Å². The van der Waals surface area contributed by atoms with Gasteiger partial charge in [-0.2, -0.15) is 13.2 Å². The molecule has 1 aromatic carbocycles. The number of nitrogens with zero attached hydrogens (tertiary/aromatic N) is 3. The zero-order valence-corrected chi connectivity index (χ0v) is 19.8. The number of aliphatic carboxylic acids is 1. The van der Waals surface area contributed by atoms with Crippen molar-refractivity contribution in [2.75, 3.05) is 33.4 Å². The van der Waals surface area contributed by atoms with Crippen molar-refractivity contribution < 1.29 is 32.6 Å². The van der Waals surface area contributed by atoms with Gasteiger partial charge < -0.3 is 9.84 Å². The fourth-order valence-electron chi connectivity index (χ4n) is 5.32. The lowest BCUT2D eigenvalue weighted by Crippen LogP contribution is -2.47.